The molecule has 130 valence electrons. The molecular weight excluding hydrogens is 326 g/mol. The van der Waals surface area contributed by atoms with Gasteiger partial charge in [0, 0.05) is 50.3 Å². The minimum absolute atomic E-state index is 0.0555. The molecule has 2 aromatic rings. The Balaban J connectivity index is 1.68. The van der Waals surface area contributed by atoms with Crippen molar-refractivity contribution in [2.45, 2.75) is 13.3 Å². The van der Waals surface area contributed by atoms with Crippen molar-refractivity contribution >= 4 is 26.8 Å². The third-order valence-electron chi connectivity index (χ3n) is 4.67. The number of hydrogen-bond donors (Lipinski definition) is 0. The van der Waals surface area contributed by atoms with Crippen molar-refractivity contribution in [2.24, 2.45) is 7.05 Å². The fraction of sp³-hybridized carbons (Fsp3) is 0.471. The SMILES string of the molecule is CCS(=O)(=O)N1CCN(C(=O)Cc2cn(C)c3ccccc23)CC1. The summed E-state index contributed by atoms with van der Waals surface area (Å²) < 4.78 is 27.3. The molecule has 24 heavy (non-hydrogen) atoms. The number of piperazine rings is 1. The third kappa shape index (κ3) is 3.18. The Morgan fingerprint density at radius 3 is 2.46 bits per heavy atom. The molecule has 1 amide bonds. The molecule has 0 radical (unpaired) electrons. The monoisotopic (exact) mass is 349 g/mol. The van der Waals surface area contributed by atoms with Crippen LogP contribution in [0, 0.1) is 0 Å². The number of fused-ring (bicyclic) bond motifs is 1. The Labute approximate surface area is 142 Å². The topological polar surface area (TPSA) is 62.6 Å². The standard InChI is InChI=1S/C17H23N3O3S/c1-3-24(22,23)20-10-8-19(9-11-20)17(21)12-14-13-18(2)16-7-5-4-6-15(14)16/h4-7,13H,3,8-12H2,1-2H3. The van der Waals surface area contributed by atoms with Crippen molar-refractivity contribution in [3.63, 3.8) is 0 Å². The van der Waals surface area contributed by atoms with E-state index in [1.165, 1.54) is 4.31 Å². The lowest BCUT2D eigenvalue weighted by atomic mass is 10.1. The fourth-order valence-corrected chi connectivity index (χ4v) is 4.32. The second kappa shape index (κ2) is 6.57. The molecule has 0 aliphatic carbocycles. The smallest absolute Gasteiger partial charge is 0.227 e. The van der Waals surface area contributed by atoms with E-state index in [2.05, 4.69) is 0 Å². The van der Waals surface area contributed by atoms with Gasteiger partial charge in [-0.1, -0.05) is 18.2 Å². The minimum atomic E-state index is -3.16. The molecule has 2 heterocycles. The van der Waals surface area contributed by atoms with E-state index in [1.807, 2.05) is 42.1 Å². The lowest BCUT2D eigenvalue weighted by Crippen LogP contribution is -2.51. The molecule has 1 aromatic heterocycles. The van der Waals surface area contributed by atoms with Crippen LogP contribution in [-0.2, 0) is 28.3 Å². The van der Waals surface area contributed by atoms with E-state index in [4.69, 9.17) is 0 Å². The minimum Gasteiger partial charge on any atom is -0.350 e. The van der Waals surface area contributed by atoms with Crippen LogP contribution in [0.25, 0.3) is 10.9 Å². The predicted molar refractivity (Wildman–Crippen MR) is 94.2 cm³/mol. The van der Waals surface area contributed by atoms with Gasteiger partial charge in [0.1, 0.15) is 0 Å². The maximum atomic E-state index is 12.6. The Morgan fingerprint density at radius 2 is 1.79 bits per heavy atom. The van der Waals surface area contributed by atoms with Gasteiger partial charge in [-0.05, 0) is 18.6 Å². The van der Waals surface area contributed by atoms with Crippen LogP contribution in [0.3, 0.4) is 0 Å². The van der Waals surface area contributed by atoms with E-state index in [1.54, 1.807) is 11.8 Å². The lowest BCUT2D eigenvalue weighted by molar-refractivity contribution is -0.131. The Bertz CT molecular complexity index is 849. The number of sulfonamides is 1. The highest BCUT2D eigenvalue weighted by molar-refractivity contribution is 7.89. The van der Waals surface area contributed by atoms with E-state index < -0.39 is 10.0 Å². The zero-order chi connectivity index (χ0) is 17.3. The molecule has 6 nitrogen and oxygen atoms in total. The molecular formula is C17H23N3O3S. The number of carbonyl (C=O) groups is 1. The molecule has 1 fully saturated rings. The zero-order valence-electron chi connectivity index (χ0n) is 14.1. The molecule has 0 N–H and O–H groups in total. The first kappa shape index (κ1) is 17.0. The summed E-state index contributed by atoms with van der Waals surface area (Å²) in [6, 6.07) is 8.04. The molecule has 0 spiro atoms. The van der Waals surface area contributed by atoms with Gasteiger partial charge in [-0.3, -0.25) is 4.79 Å². The average Bonchev–Trinajstić information content (AvgIpc) is 2.91. The summed E-state index contributed by atoms with van der Waals surface area (Å²) in [5.41, 5.74) is 2.13. The van der Waals surface area contributed by atoms with Gasteiger partial charge in [0.2, 0.25) is 15.9 Å². The highest BCUT2D eigenvalue weighted by atomic mass is 32.2. The number of para-hydroxylation sites is 1. The molecule has 1 aromatic carbocycles. The highest BCUT2D eigenvalue weighted by Gasteiger charge is 2.27. The van der Waals surface area contributed by atoms with E-state index in [9.17, 15) is 13.2 Å². The van der Waals surface area contributed by atoms with Crippen LogP contribution in [0.2, 0.25) is 0 Å². The molecule has 0 saturated carbocycles. The summed E-state index contributed by atoms with van der Waals surface area (Å²) >= 11 is 0. The first-order valence-corrected chi connectivity index (χ1v) is 9.82. The summed E-state index contributed by atoms with van der Waals surface area (Å²) in [5, 5.41) is 1.10. The normalized spacial score (nSPS) is 16.7. The fourth-order valence-electron chi connectivity index (χ4n) is 3.24. The number of nitrogens with zero attached hydrogens (tertiary/aromatic N) is 3. The van der Waals surface area contributed by atoms with Crippen LogP contribution in [0.5, 0.6) is 0 Å². The predicted octanol–water partition coefficient (Wildman–Crippen LogP) is 1.21. The van der Waals surface area contributed by atoms with Crippen molar-refractivity contribution in [1.82, 2.24) is 13.8 Å². The van der Waals surface area contributed by atoms with Gasteiger partial charge in [-0.15, -0.1) is 0 Å². The molecule has 7 heteroatoms. The van der Waals surface area contributed by atoms with Gasteiger partial charge in [-0.25, -0.2) is 8.42 Å². The zero-order valence-corrected chi connectivity index (χ0v) is 14.9. The maximum Gasteiger partial charge on any atom is 0.227 e. The van der Waals surface area contributed by atoms with Gasteiger partial charge in [0.15, 0.2) is 0 Å². The van der Waals surface area contributed by atoms with Gasteiger partial charge in [-0.2, -0.15) is 4.31 Å². The van der Waals surface area contributed by atoms with Crippen LogP contribution in [0.1, 0.15) is 12.5 Å². The lowest BCUT2D eigenvalue weighted by Gasteiger charge is -2.33. The van der Waals surface area contributed by atoms with E-state index >= 15 is 0 Å². The first-order chi connectivity index (χ1) is 11.4. The molecule has 0 unspecified atom stereocenters. The Hall–Kier alpha value is -1.86. The van der Waals surface area contributed by atoms with Crippen LogP contribution >= 0.6 is 0 Å². The second-order valence-corrected chi connectivity index (χ2v) is 8.40. The summed E-state index contributed by atoms with van der Waals surface area (Å²) in [7, 11) is -1.19. The van der Waals surface area contributed by atoms with Crippen LogP contribution < -0.4 is 0 Å². The Kier molecular flexibility index (Phi) is 4.64. The van der Waals surface area contributed by atoms with Crippen molar-refractivity contribution in [3.05, 3.63) is 36.0 Å². The van der Waals surface area contributed by atoms with Crippen LogP contribution in [0.4, 0.5) is 0 Å². The van der Waals surface area contributed by atoms with Gasteiger partial charge in [0.05, 0.1) is 12.2 Å². The van der Waals surface area contributed by atoms with Crippen molar-refractivity contribution in [3.8, 4) is 0 Å². The molecule has 1 aliphatic rings. The molecule has 1 aliphatic heterocycles. The van der Waals surface area contributed by atoms with Crippen LogP contribution in [0.15, 0.2) is 30.5 Å². The highest BCUT2D eigenvalue weighted by Crippen LogP contribution is 2.21. The van der Waals surface area contributed by atoms with Crippen molar-refractivity contribution in [1.29, 1.82) is 0 Å². The van der Waals surface area contributed by atoms with E-state index in [0.29, 0.717) is 32.6 Å². The third-order valence-corrected chi connectivity index (χ3v) is 6.55. The van der Waals surface area contributed by atoms with Crippen molar-refractivity contribution < 1.29 is 13.2 Å². The number of rotatable bonds is 4. The number of hydrogen-bond acceptors (Lipinski definition) is 3. The van der Waals surface area contributed by atoms with Crippen LogP contribution in [-0.4, -0.2) is 60.0 Å². The number of benzene rings is 1. The maximum absolute atomic E-state index is 12.6. The summed E-state index contributed by atoms with van der Waals surface area (Å²) in [5.74, 6) is 0.164. The molecule has 3 rings (SSSR count). The van der Waals surface area contributed by atoms with Gasteiger partial charge < -0.3 is 9.47 Å². The molecule has 0 bridgehead atoms. The van der Waals surface area contributed by atoms with Crippen molar-refractivity contribution in [2.75, 3.05) is 31.9 Å². The van der Waals surface area contributed by atoms with E-state index in [0.717, 1.165) is 16.5 Å². The average molecular weight is 349 g/mol. The molecule has 1 saturated heterocycles. The van der Waals surface area contributed by atoms with Gasteiger partial charge >= 0.3 is 0 Å². The van der Waals surface area contributed by atoms with Gasteiger partial charge in [0.25, 0.3) is 0 Å². The molecule has 0 atom stereocenters. The van der Waals surface area contributed by atoms with E-state index in [-0.39, 0.29) is 11.7 Å². The largest absolute Gasteiger partial charge is 0.350 e. The Morgan fingerprint density at radius 1 is 1.12 bits per heavy atom. The summed E-state index contributed by atoms with van der Waals surface area (Å²) in [6.07, 6.45) is 2.35. The quantitative estimate of drug-likeness (QED) is 0.834. The first-order valence-electron chi connectivity index (χ1n) is 8.21. The summed E-state index contributed by atoms with van der Waals surface area (Å²) in [6.45, 7) is 3.34. The number of carbonyl (C=O) groups excluding carboxylic acids is 1. The number of aromatic nitrogens is 1. The summed E-state index contributed by atoms with van der Waals surface area (Å²) in [4.78, 5) is 14.4. The number of aryl methyl sites for hydroxylation is 1. The second-order valence-electron chi connectivity index (χ2n) is 6.14. The number of amides is 1.